The van der Waals surface area contributed by atoms with Crippen LogP contribution in [0.5, 0.6) is 0 Å². The van der Waals surface area contributed by atoms with E-state index in [1.165, 1.54) is 5.38 Å². The van der Waals surface area contributed by atoms with Gasteiger partial charge in [-0.2, -0.15) is 0 Å². The first-order chi connectivity index (χ1) is 4.91. The normalized spacial score (nSPS) is 31.5. The first kappa shape index (κ1) is 8.85. The van der Waals surface area contributed by atoms with E-state index in [0.29, 0.717) is 12.0 Å². The lowest BCUT2D eigenvalue weighted by Gasteiger charge is -2.19. The zero-order valence-electron chi connectivity index (χ0n) is 8.14. The lowest BCUT2D eigenvalue weighted by molar-refractivity contribution is 0.147. The Kier molecular flexibility index (Phi) is 2.14. The first-order valence-corrected chi connectivity index (χ1v) is 7.80. The second-order valence-corrected chi connectivity index (χ2v) is 9.46. The Labute approximate surface area is 70.5 Å². The van der Waals surface area contributed by atoms with Crippen molar-refractivity contribution in [2.75, 3.05) is 0 Å². The van der Waals surface area contributed by atoms with Crippen LogP contribution in [0.1, 0.15) is 13.8 Å². The van der Waals surface area contributed by atoms with Crippen LogP contribution in [-0.4, -0.2) is 14.2 Å². The minimum absolute atomic E-state index is 0.400. The minimum Gasteiger partial charge on any atom is -0.500 e. The highest BCUT2D eigenvalue weighted by Crippen LogP contribution is 2.28. The molecule has 1 heterocycles. The molecule has 2 atom stereocenters. The highest BCUT2D eigenvalue weighted by Gasteiger charge is 2.30. The molecular weight excluding hydrogens is 152 g/mol. The number of hydrogen-bond acceptors (Lipinski definition) is 1. The van der Waals surface area contributed by atoms with E-state index in [1.54, 1.807) is 0 Å². The van der Waals surface area contributed by atoms with Gasteiger partial charge in [-0.05, 0) is 13.0 Å². The molecule has 1 nitrogen and oxygen atoms in total. The first-order valence-electron chi connectivity index (χ1n) is 4.30. The third-order valence-corrected chi connectivity index (χ3v) is 3.97. The molecule has 2 heteroatoms. The van der Waals surface area contributed by atoms with Gasteiger partial charge in [0, 0.05) is 5.92 Å². The molecular formula is C9H18OSi. The molecule has 1 aliphatic heterocycles. The number of ether oxygens (including phenoxy) is 1. The Morgan fingerprint density at radius 1 is 1.27 bits per heavy atom. The summed E-state index contributed by atoms with van der Waals surface area (Å²) in [7, 11) is -1.17. The van der Waals surface area contributed by atoms with Crippen LogP contribution in [0.25, 0.3) is 0 Å². The maximum atomic E-state index is 5.76. The van der Waals surface area contributed by atoms with E-state index in [-0.39, 0.29) is 0 Å². The molecule has 2 unspecified atom stereocenters. The van der Waals surface area contributed by atoms with E-state index >= 15 is 0 Å². The fourth-order valence-electron chi connectivity index (χ4n) is 1.15. The zero-order valence-corrected chi connectivity index (χ0v) is 9.14. The topological polar surface area (TPSA) is 9.23 Å². The molecule has 0 radical (unpaired) electrons. The Hall–Kier alpha value is -0.243. The van der Waals surface area contributed by atoms with Crippen molar-refractivity contribution in [3.05, 3.63) is 11.5 Å². The summed E-state index contributed by atoms with van der Waals surface area (Å²) >= 11 is 0. The standard InChI is InChI=1S/C9H18OSi/c1-7-6-9(10-8(7)2)11(3,4)5/h6-8H,1-5H3. The molecule has 0 aromatic heterocycles. The zero-order chi connectivity index (χ0) is 8.65. The summed E-state index contributed by atoms with van der Waals surface area (Å²) in [5.74, 6) is 0.608. The van der Waals surface area contributed by atoms with Crippen LogP contribution in [0, 0.1) is 5.92 Å². The predicted molar refractivity (Wildman–Crippen MR) is 51.1 cm³/mol. The molecule has 0 amide bonds. The van der Waals surface area contributed by atoms with Crippen molar-refractivity contribution in [2.24, 2.45) is 5.92 Å². The van der Waals surface area contributed by atoms with Crippen LogP contribution in [0.3, 0.4) is 0 Å². The van der Waals surface area contributed by atoms with E-state index in [9.17, 15) is 0 Å². The van der Waals surface area contributed by atoms with Crippen LogP contribution in [-0.2, 0) is 4.74 Å². The summed E-state index contributed by atoms with van der Waals surface area (Å²) in [5.41, 5.74) is 0. The second kappa shape index (κ2) is 2.66. The maximum Gasteiger partial charge on any atom is 0.122 e. The smallest absolute Gasteiger partial charge is 0.122 e. The van der Waals surface area contributed by atoms with Crippen molar-refractivity contribution < 1.29 is 4.74 Å². The third kappa shape index (κ3) is 1.86. The molecule has 0 N–H and O–H groups in total. The van der Waals surface area contributed by atoms with Crippen LogP contribution in [0.4, 0.5) is 0 Å². The second-order valence-electron chi connectivity index (χ2n) is 4.46. The molecule has 0 bridgehead atoms. The minimum atomic E-state index is -1.17. The fourth-order valence-corrected chi connectivity index (χ4v) is 2.45. The van der Waals surface area contributed by atoms with E-state index in [4.69, 9.17) is 4.74 Å². The lowest BCUT2D eigenvalue weighted by atomic mass is 10.1. The molecule has 0 saturated heterocycles. The average molecular weight is 170 g/mol. The van der Waals surface area contributed by atoms with Crippen LogP contribution in [0.15, 0.2) is 11.5 Å². The summed E-state index contributed by atoms with van der Waals surface area (Å²) < 4.78 is 5.76. The Morgan fingerprint density at radius 3 is 2.00 bits per heavy atom. The molecule has 0 saturated carbocycles. The van der Waals surface area contributed by atoms with Gasteiger partial charge in [0.25, 0.3) is 0 Å². The van der Waals surface area contributed by atoms with Gasteiger partial charge < -0.3 is 4.74 Å². The molecule has 0 aromatic rings. The lowest BCUT2D eigenvalue weighted by Crippen LogP contribution is -2.25. The van der Waals surface area contributed by atoms with Crippen molar-refractivity contribution in [3.63, 3.8) is 0 Å². The summed E-state index contributed by atoms with van der Waals surface area (Å²) in [6.45, 7) is 11.3. The van der Waals surface area contributed by atoms with E-state index in [0.717, 1.165) is 0 Å². The molecule has 11 heavy (non-hydrogen) atoms. The van der Waals surface area contributed by atoms with Crippen molar-refractivity contribution in [1.82, 2.24) is 0 Å². The van der Waals surface area contributed by atoms with Gasteiger partial charge in [0.1, 0.15) is 14.2 Å². The highest BCUT2D eigenvalue weighted by atomic mass is 28.3. The molecule has 1 rings (SSSR count). The summed E-state index contributed by atoms with van der Waals surface area (Å²) in [5, 5.41) is 1.29. The average Bonchev–Trinajstić information content (AvgIpc) is 2.11. The summed E-state index contributed by atoms with van der Waals surface area (Å²) in [6, 6.07) is 0. The van der Waals surface area contributed by atoms with Crippen LogP contribution < -0.4 is 0 Å². The monoisotopic (exact) mass is 170 g/mol. The van der Waals surface area contributed by atoms with Gasteiger partial charge in [0.2, 0.25) is 0 Å². The summed E-state index contributed by atoms with van der Waals surface area (Å²) in [6.07, 6.45) is 2.70. The quantitative estimate of drug-likeness (QED) is 0.550. The van der Waals surface area contributed by atoms with Crippen LogP contribution in [0.2, 0.25) is 19.6 Å². The van der Waals surface area contributed by atoms with Gasteiger partial charge in [-0.1, -0.05) is 26.6 Å². The molecule has 0 spiro atoms. The third-order valence-electron chi connectivity index (χ3n) is 2.21. The summed E-state index contributed by atoms with van der Waals surface area (Å²) in [4.78, 5) is 0. The Morgan fingerprint density at radius 2 is 1.82 bits per heavy atom. The van der Waals surface area contributed by atoms with E-state index < -0.39 is 8.07 Å². The van der Waals surface area contributed by atoms with Gasteiger partial charge >= 0.3 is 0 Å². The SMILES string of the molecule is CC1C=C([Si](C)(C)C)OC1C. The number of hydrogen-bond donors (Lipinski definition) is 0. The predicted octanol–water partition coefficient (Wildman–Crippen LogP) is 2.80. The van der Waals surface area contributed by atoms with Gasteiger partial charge in [0.05, 0.1) is 5.38 Å². The fraction of sp³-hybridized carbons (Fsp3) is 0.778. The number of rotatable bonds is 1. The van der Waals surface area contributed by atoms with Crippen molar-refractivity contribution in [1.29, 1.82) is 0 Å². The molecule has 0 aliphatic carbocycles. The van der Waals surface area contributed by atoms with E-state index in [2.05, 4.69) is 39.6 Å². The largest absolute Gasteiger partial charge is 0.500 e. The van der Waals surface area contributed by atoms with Crippen molar-refractivity contribution in [2.45, 2.75) is 39.6 Å². The van der Waals surface area contributed by atoms with Gasteiger partial charge in [-0.15, -0.1) is 0 Å². The highest BCUT2D eigenvalue weighted by molar-refractivity contribution is 6.82. The van der Waals surface area contributed by atoms with Gasteiger partial charge in [-0.25, -0.2) is 0 Å². The Bertz CT molecular complexity index is 178. The Balaban J connectivity index is 2.71. The van der Waals surface area contributed by atoms with Crippen molar-refractivity contribution in [3.8, 4) is 0 Å². The molecule has 1 aliphatic rings. The molecule has 0 fully saturated rings. The molecule has 64 valence electrons. The maximum absolute atomic E-state index is 5.76. The van der Waals surface area contributed by atoms with Crippen LogP contribution >= 0.6 is 0 Å². The van der Waals surface area contributed by atoms with Gasteiger partial charge in [0.15, 0.2) is 0 Å². The van der Waals surface area contributed by atoms with E-state index in [1.807, 2.05) is 0 Å². The van der Waals surface area contributed by atoms with Gasteiger partial charge in [-0.3, -0.25) is 0 Å². The van der Waals surface area contributed by atoms with Crippen molar-refractivity contribution >= 4 is 8.07 Å². The molecule has 0 aromatic carbocycles.